The van der Waals surface area contributed by atoms with Gasteiger partial charge in [0.25, 0.3) is 15.9 Å². The zero-order valence-corrected chi connectivity index (χ0v) is 20.5. The molecule has 0 saturated heterocycles. The molecule has 1 aromatic heterocycles. The number of aromatic nitrogens is 1. The number of amides is 1. The summed E-state index contributed by atoms with van der Waals surface area (Å²) in [5.41, 5.74) is 0.823. The lowest BCUT2D eigenvalue weighted by Gasteiger charge is -2.24. The van der Waals surface area contributed by atoms with Crippen molar-refractivity contribution in [1.82, 2.24) is 4.98 Å². The van der Waals surface area contributed by atoms with Crippen molar-refractivity contribution in [3.63, 3.8) is 0 Å². The Morgan fingerprint density at radius 3 is 2.62 bits per heavy atom. The van der Waals surface area contributed by atoms with Crippen LogP contribution < -0.4 is 9.62 Å². The molecule has 0 aliphatic rings. The zero-order chi connectivity index (χ0) is 24.5. The Morgan fingerprint density at radius 1 is 1.12 bits per heavy atom. The van der Waals surface area contributed by atoms with E-state index in [1.807, 2.05) is 0 Å². The molecule has 4 rings (SSSR count). The molecular weight excluding hydrogens is 520 g/mol. The van der Waals surface area contributed by atoms with E-state index in [1.54, 1.807) is 24.3 Å². The van der Waals surface area contributed by atoms with Gasteiger partial charge in [0.15, 0.2) is 5.13 Å². The van der Waals surface area contributed by atoms with Crippen LogP contribution in [0.1, 0.15) is 10.4 Å². The van der Waals surface area contributed by atoms with Crippen LogP contribution in [-0.4, -0.2) is 25.9 Å². The maximum absolute atomic E-state index is 13.5. The second-order valence-electron chi connectivity index (χ2n) is 7.01. The minimum absolute atomic E-state index is 0.0473. The Balaban J connectivity index is 1.69. The molecule has 6 nitrogen and oxygen atoms in total. The molecule has 0 atom stereocenters. The minimum atomic E-state index is -4.21. The average Bonchev–Trinajstić information content (AvgIpc) is 3.19. The van der Waals surface area contributed by atoms with Gasteiger partial charge in [-0.05, 0) is 48.5 Å². The third kappa shape index (κ3) is 4.78. The van der Waals surface area contributed by atoms with Crippen LogP contribution >= 0.6 is 34.5 Å². The summed E-state index contributed by atoms with van der Waals surface area (Å²) < 4.78 is 42.1. The van der Waals surface area contributed by atoms with Crippen LogP contribution in [0.3, 0.4) is 0 Å². The van der Waals surface area contributed by atoms with E-state index < -0.39 is 21.7 Å². The lowest BCUT2D eigenvalue weighted by Crippen LogP contribution is -2.32. The molecule has 0 aliphatic heterocycles. The Bertz CT molecular complexity index is 1520. The van der Waals surface area contributed by atoms with Crippen molar-refractivity contribution in [3.8, 4) is 0 Å². The van der Waals surface area contributed by atoms with Crippen molar-refractivity contribution in [3.05, 3.63) is 94.7 Å². The molecule has 174 valence electrons. The van der Waals surface area contributed by atoms with Crippen LogP contribution in [-0.2, 0) is 10.0 Å². The molecule has 3 aromatic carbocycles. The van der Waals surface area contributed by atoms with E-state index in [-0.39, 0.29) is 37.9 Å². The van der Waals surface area contributed by atoms with Gasteiger partial charge in [-0.3, -0.25) is 14.4 Å². The molecule has 0 aliphatic carbocycles. The number of anilines is 2. The predicted octanol–water partition coefficient (Wildman–Crippen LogP) is 6.38. The summed E-state index contributed by atoms with van der Waals surface area (Å²) >= 11 is 13.6. The Hall–Kier alpha value is -2.98. The predicted molar refractivity (Wildman–Crippen MR) is 135 cm³/mol. The summed E-state index contributed by atoms with van der Waals surface area (Å²) in [5.74, 6) is -1.01. The highest BCUT2D eigenvalue weighted by atomic mass is 35.5. The third-order valence-corrected chi connectivity index (χ3v) is 8.26. The Morgan fingerprint density at radius 2 is 1.88 bits per heavy atom. The molecule has 34 heavy (non-hydrogen) atoms. The van der Waals surface area contributed by atoms with Crippen molar-refractivity contribution < 1.29 is 17.6 Å². The largest absolute Gasteiger partial charge is 0.298 e. The molecule has 0 spiro atoms. The van der Waals surface area contributed by atoms with E-state index in [9.17, 15) is 17.6 Å². The van der Waals surface area contributed by atoms with Crippen LogP contribution in [0.5, 0.6) is 0 Å². The number of thiazole rings is 1. The summed E-state index contributed by atoms with van der Waals surface area (Å²) in [6.07, 6.45) is 1.42. The lowest BCUT2D eigenvalue weighted by atomic mass is 10.2. The fourth-order valence-corrected chi connectivity index (χ4v) is 6.31. The number of fused-ring (bicyclic) bond motifs is 1. The van der Waals surface area contributed by atoms with Gasteiger partial charge in [-0.1, -0.05) is 52.7 Å². The Kier molecular flexibility index (Phi) is 6.90. The summed E-state index contributed by atoms with van der Waals surface area (Å²) in [4.78, 5) is 16.8. The molecule has 0 bridgehead atoms. The van der Waals surface area contributed by atoms with Crippen LogP contribution in [0.15, 0.2) is 78.2 Å². The highest BCUT2D eigenvalue weighted by molar-refractivity contribution is 7.93. The molecule has 1 N–H and O–H groups in total. The van der Waals surface area contributed by atoms with Gasteiger partial charge in [-0.25, -0.2) is 17.8 Å². The number of rotatable bonds is 7. The highest BCUT2D eigenvalue weighted by Gasteiger charge is 2.29. The van der Waals surface area contributed by atoms with Crippen molar-refractivity contribution >= 4 is 71.5 Å². The summed E-state index contributed by atoms with van der Waals surface area (Å²) in [7, 11) is -4.21. The van der Waals surface area contributed by atoms with Crippen molar-refractivity contribution in [2.24, 2.45) is 0 Å². The molecule has 0 unspecified atom stereocenters. The first kappa shape index (κ1) is 24.2. The van der Waals surface area contributed by atoms with Gasteiger partial charge in [0, 0.05) is 5.56 Å². The van der Waals surface area contributed by atoms with Gasteiger partial charge in [0.2, 0.25) is 0 Å². The molecular formula is C23H16Cl2FN3O3S2. The van der Waals surface area contributed by atoms with E-state index in [4.69, 9.17) is 23.2 Å². The quantitative estimate of drug-likeness (QED) is 0.278. The first-order valence-corrected chi connectivity index (χ1v) is 12.8. The van der Waals surface area contributed by atoms with Gasteiger partial charge >= 0.3 is 0 Å². The number of carbonyl (C=O) groups excluding carboxylic acids is 1. The number of para-hydroxylation sites is 1. The van der Waals surface area contributed by atoms with E-state index >= 15 is 0 Å². The molecule has 4 aromatic rings. The van der Waals surface area contributed by atoms with Crippen molar-refractivity contribution in [2.45, 2.75) is 4.90 Å². The first-order chi connectivity index (χ1) is 16.2. The smallest absolute Gasteiger partial charge is 0.266 e. The molecule has 0 fully saturated rings. The van der Waals surface area contributed by atoms with E-state index in [1.165, 1.54) is 42.5 Å². The first-order valence-electron chi connectivity index (χ1n) is 9.76. The highest BCUT2D eigenvalue weighted by Crippen LogP contribution is 2.33. The minimum Gasteiger partial charge on any atom is -0.298 e. The number of sulfonamides is 1. The Labute approximate surface area is 209 Å². The summed E-state index contributed by atoms with van der Waals surface area (Å²) in [6, 6.07) is 14.5. The van der Waals surface area contributed by atoms with Crippen molar-refractivity contribution in [1.29, 1.82) is 0 Å². The number of nitrogens with one attached hydrogen (secondary N) is 1. The van der Waals surface area contributed by atoms with Gasteiger partial charge in [-0.2, -0.15) is 0 Å². The van der Waals surface area contributed by atoms with Crippen LogP contribution in [0.2, 0.25) is 10.0 Å². The number of hydrogen-bond donors (Lipinski definition) is 1. The van der Waals surface area contributed by atoms with E-state index in [0.717, 1.165) is 15.6 Å². The SMILES string of the molecule is C=CCN(c1ccccc1Cl)S(=O)(=O)c1cc(C(=O)Nc2nc3ccc(F)cc3s2)ccc1Cl. The van der Waals surface area contributed by atoms with Gasteiger partial charge in [-0.15, -0.1) is 6.58 Å². The number of carbonyl (C=O) groups is 1. The van der Waals surface area contributed by atoms with Crippen molar-refractivity contribution in [2.75, 3.05) is 16.2 Å². The maximum Gasteiger partial charge on any atom is 0.266 e. The monoisotopic (exact) mass is 535 g/mol. The average molecular weight is 536 g/mol. The van der Waals surface area contributed by atoms with Crippen LogP contribution in [0.4, 0.5) is 15.2 Å². The molecule has 1 heterocycles. The van der Waals surface area contributed by atoms with Crippen LogP contribution in [0.25, 0.3) is 10.2 Å². The summed E-state index contributed by atoms with van der Waals surface area (Å²) in [5, 5.41) is 3.03. The molecule has 0 saturated carbocycles. The van der Waals surface area contributed by atoms with Gasteiger partial charge < -0.3 is 0 Å². The topological polar surface area (TPSA) is 79.4 Å². The number of halogens is 3. The van der Waals surface area contributed by atoms with Gasteiger partial charge in [0.05, 0.1) is 32.5 Å². The molecule has 1 amide bonds. The van der Waals surface area contributed by atoms with E-state index in [0.29, 0.717) is 10.2 Å². The van der Waals surface area contributed by atoms with E-state index in [2.05, 4.69) is 16.9 Å². The molecule has 0 radical (unpaired) electrons. The fraction of sp³-hybridized carbons (Fsp3) is 0.0435. The third-order valence-electron chi connectivity index (χ3n) is 4.75. The number of benzene rings is 3. The second kappa shape index (κ2) is 9.71. The fourth-order valence-electron chi connectivity index (χ4n) is 3.18. The molecule has 11 heteroatoms. The normalized spacial score (nSPS) is 11.4. The second-order valence-corrected chi connectivity index (χ2v) is 10.7. The number of nitrogens with zero attached hydrogens (tertiary/aromatic N) is 2. The van der Waals surface area contributed by atoms with Gasteiger partial charge in [0.1, 0.15) is 10.7 Å². The summed E-state index contributed by atoms with van der Waals surface area (Å²) in [6.45, 7) is 3.56. The standard InChI is InChI=1S/C23H16Cl2FN3O3S2/c1-2-11-29(19-6-4-3-5-16(19)24)34(31,32)21-12-14(7-9-17(21)25)22(30)28-23-27-18-10-8-15(26)13-20(18)33-23/h2-10,12-13H,1,11H2,(H,27,28,30). The lowest BCUT2D eigenvalue weighted by molar-refractivity contribution is 0.102. The zero-order valence-electron chi connectivity index (χ0n) is 17.3. The van der Waals surface area contributed by atoms with Crippen LogP contribution in [0, 0.1) is 5.82 Å². The maximum atomic E-state index is 13.5. The number of hydrogen-bond acceptors (Lipinski definition) is 5.